The molecule has 2 aliphatic heterocycles. The summed E-state index contributed by atoms with van der Waals surface area (Å²) in [5, 5.41) is 0. The summed E-state index contributed by atoms with van der Waals surface area (Å²) in [6.45, 7) is 0.600. The van der Waals surface area contributed by atoms with E-state index >= 15 is 4.39 Å². The third kappa shape index (κ3) is 6.11. The van der Waals surface area contributed by atoms with Gasteiger partial charge < -0.3 is 33.2 Å². The van der Waals surface area contributed by atoms with Gasteiger partial charge in [0.1, 0.15) is 35.9 Å². The number of hydrogen-bond acceptors (Lipinski definition) is 7. The molecular formula is C29H31FO7. The summed E-state index contributed by atoms with van der Waals surface area (Å²) >= 11 is 0. The number of benzene rings is 3. The van der Waals surface area contributed by atoms with Gasteiger partial charge >= 0.3 is 0 Å². The quantitative estimate of drug-likeness (QED) is 0.402. The Kier molecular flexibility index (Phi) is 8.33. The summed E-state index contributed by atoms with van der Waals surface area (Å²) in [6.07, 6.45) is -5.28. The monoisotopic (exact) mass is 510 g/mol. The lowest BCUT2D eigenvalue weighted by atomic mass is 9.97. The van der Waals surface area contributed by atoms with Gasteiger partial charge in [0.2, 0.25) is 6.36 Å². The van der Waals surface area contributed by atoms with Gasteiger partial charge in [-0.1, -0.05) is 54.6 Å². The van der Waals surface area contributed by atoms with E-state index in [0.717, 1.165) is 28.2 Å². The Bertz CT molecular complexity index is 1110. The van der Waals surface area contributed by atoms with Crippen molar-refractivity contribution in [2.75, 3.05) is 20.8 Å². The molecule has 196 valence electrons. The third-order valence-corrected chi connectivity index (χ3v) is 6.54. The molecule has 0 bridgehead atoms. The lowest BCUT2D eigenvalue weighted by Gasteiger charge is -2.47. The average molecular weight is 511 g/mol. The highest BCUT2D eigenvalue weighted by Gasteiger charge is 2.51. The molecule has 3 aromatic rings. The van der Waals surface area contributed by atoms with Gasteiger partial charge in [-0.15, -0.1) is 0 Å². The van der Waals surface area contributed by atoms with Crippen molar-refractivity contribution < 1.29 is 37.5 Å². The molecule has 0 aromatic heterocycles. The molecule has 7 nitrogen and oxygen atoms in total. The van der Waals surface area contributed by atoms with E-state index in [1.54, 1.807) is 14.2 Å². The normalized spacial score (nSPS) is 27.3. The maximum Gasteiger partial charge on any atom is 0.228 e. The highest BCUT2D eigenvalue weighted by molar-refractivity contribution is 5.27. The SMILES string of the molecule is COc1ccc(COC2[C@@H](F)OC3COC(c4ccccc4)O[C@@H]3[C@H]2OCc2ccc(OC)cc2)cc1. The van der Waals surface area contributed by atoms with Crippen LogP contribution >= 0.6 is 0 Å². The second-order valence-electron chi connectivity index (χ2n) is 8.95. The lowest BCUT2D eigenvalue weighted by Crippen LogP contribution is -2.62. The molecule has 37 heavy (non-hydrogen) atoms. The molecule has 2 aliphatic rings. The summed E-state index contributed by atoms with van der Waals surface area (Å²) < 4.78 is 56.1. The minimum Gasteiger partial charge on any atom is -0.497 e. The molecule has 0 amide bonds. The number of hydrogen-bond donors (Lipinski definition) is 0. The fraction of sp³-hybridized carbons (Fsp3) is 0.379. The molecule has 8 heteroatoms. The molecule has 0 aliphatic carbocycles. The van der Waals surface area contributed by atoms with Crippen LogP contribution < -0.4 is 9.47 Å². The summed E-state index contributed by atoms with van der Waals surface area (Å²) in [6, 6.07) is 24.6. The van der Waals surface area contributed by atoms with Crippen LogP contribution in [0.4, 0.5) is 4.39 Å². The molecule has 3 aromatic carbocycles. The summed E-state index contributed by atoms with van der Waals surface area (Å²) in [7, 11) is 3.22. The fourth-order valence-corrected chi connectivity index (χ4v) is 4.51. The first-order chi connectivity index (χ1) is 18.1. The summed E-state index contributed by atoms with van der Waals surface area (Å²) in [5.74, 6) is 1.48. The number of halogens is 1. The van der Waals surface area contributed by atoms with Crippen LogP contribution in [-0.4, -0.2) is 51.6 Å². The average Bonchev–Trinajstić information content (AvgIpc) is 2.96. The van der Waals surface area contributed by atoms with Crippen molar-refractivity contribution in [1.29, 1.82) is 0 Å². The van der Waals surface area contributed by atoms with Crippen molar-refractivity contribution in [2.24, 2.45) is 0 Å². The smallest absolute Gasteiger partial charge is 0.228 e. The van der Waals surface area contributed by atoms with Crippen molar-refractivity contribution in [1.82, 2.24) is 0 Å². The molecule has 6 atom stereocenters. The Morgan fingerprint density at radius 3 is 1.86 bits per heavy atom. The van der Waals surface area contributed by atoms with Crippen molar-refractivity contribution >= 4 is 0 Å². The fourth-order valence-electron chi connectivity index (χ4n) is 4.51. The molecule has 2 saturated heterocycles. The second-order valence-corrected chi connectivity index (χ2v) is 8.95. The van der Waals surface area contributed by atoms with E-state index in [9.17, 15) is 0 Å². The molecule has 0 saturated carbocycles. The first kappa shape index (κ1) is 25.6. The van der Waals surface area contributed by atoms with Gasteiger partial charge in [-0.25, -0.2) is 4.39 Å². The standard InChI is InChI=1S/C29H31FO7/c1-31-22-12-8-19(9-13-22)16-33-26-25-24(18-35-29(37-25)21-6-4-3-5-7-21)36-28(30)27(26)34-17-20-10-14-23(32-2)15-11-20/h3-15,24-29H,16-18H2,1-2H3/t24?,25-,26+,27?,28-,29?/m0/s1. The lowest BCUT2D eigenvalue weighted by molar-refractivity contribution is -0.355. The van der Waals surface area contributed by atoms with Gasteiger partial charge in [0.25, 0.3) is 0 Å². The van der Waals surface area contributed by atoms with E-state index in [1.807, 2.05) is 78.9 Å². The molecule has 5 rings (SSSR count). The number of methoxy groups -OCH3 is 2. The van der Waals surface area contributed by atoms with Crippen LogP contribution in [-0.2, 0) is 36.9 Å². The Balaban J connectivity index is 1.35. The van der Waals surface area contributed by atoms with Crippen molar-refractivity contribution in [3.05, 3.63) is 95.6 Å². The van der Waals surface area contributed by atoms with Crippen LogP contribution in [0.5, 0.6) is 11.5 Å². The number of alkyl halides is 1. The van der Waals surface area contributed by atoms with E-state index in [2.05, 4.69) is 0 Å². The van der Waals surface area contributed by atoms with Gasteiger partial charge in [0, 0.05) is 5.56 Å². The van der Waals surface area contributed by atoms with Crippen LogP contribution in [0.3, 0.4) is 0 Å². The second kappa shape index (κ2) is 12.0. The zero-order valence-electron chi connectivity index (χ0n) is 20.8. The van der Waals surface area contributed by atoms with Crippen LogP contribution in [0.2, 0.25) is 0 Å². The maximum atomic E-state index is 15.4. The van der Waals surface area contributed by atoms with Crippen molar-refractivity contribution in [2.45, 2.75) is 50.3 Å². The Labute approximate surface area is 216 Å². The predicted molar refractivity (Wildman–Crippen MR) is 133 cm³/mol. The van der Waals surface area contributed by atoms with E-state index in [4.69, 9.17) is 33.2 Å². The summed E-state index contributed by atoms with van der Waals surface area (Å²) in [4.78, 5) is 0. The zero-order valence-corrected chi connectivity index (χ0v) is 20.8. The molecule has 2 fully saturated rings. The minimum absolute atomic E-state index is 0.177. The van der Waals surface area contributed by atoms with E-state index in [1.165, 1.54) is 0 Å². The molecule has 0 N–H and O–H groups in total. The molecule has 0 radical (unpaired) electrons. The first-order valence-electron chi connectivity index (χ1n) is 12.2. The molecule has 0 spiro atoms. The van der Waals surface area contributed by atoms with Gasteiger partial charge in [-0.05, 0) is 35.4 Å². The maximum absolute atomic E-state index is 15.4. The van der Waals surface area contributed by atoms with Crippen LogP contribution in [0.1, 0.15) is 23.0 Å². The zero-order chi connectivity index (χ0) is 25.6. The number of fused-ring (bicyclic) bond motifs is 1. The number of ether oxygens (including phenoxy) is 7. The highest BCUT2D eigenvalue weighted by Crippen LogP contribution is 2.37. The van der Waals surface area contributed by atoms with Gasteiger partial charge in [-0.2, -0.15) is 0 Å². The molecule has 3 unspecified atom stereocenters. The summed E-state index contributed by atoms with van der Waals surface area (Å²) in [5.41, 5.74) is 2.66. The van der Waals surface area contributed by atoms with Crippen LogP contribution in [0.25, 0.3) is 0 Å². The van der Waals surface area contributed by atoms with E-state index in [-0.39, 0.29) is 19.8 Å². The molecule has 2 heterocycles. The van der Waals surface area contributed by atoms with Crippen LogP contribution in [0.15, 0.2) is 78.9 Å². The topological polar surface area (TPSA) is 64.6 Å². The predicted octanol–water partition coefficient (Wildman–Crippen LogP) is 4.98. The van der Waals surface area contributed by atoms with Gasteiger partial charge in [0.05, 0.1) is 34.0 Å². The van der Waals surface area contributed by atoms with Gasteiger partial charge in [-0.3, -0.25) is 0 Å². The van der Waals surface area contributed by atoms with Crippen molar-refractivity contribution in [3.63, 3.8) is 0 Å². The van der Waals surface area contributed by atoms with E-state index in [0.29, 0.717) is 0 Å². The van der Waals surface area contributed by atoms with Gasteiger partial charge in [0.15, 0.2) is 6.29 Å². The highest BCUT2D eigenvalue weighted by atomic mass is 19.1. The Hall–Kier alpha value is -3.01. The molecular weight excluding hydrogens is 479 g/mol. The van der Waals surface area contributed by atoms with E-state index < -0.39 is 37.1 Å². The van der Waals surface area contributed by atoms with Crippen LogP contribution in [0, 0.1) is 0 Å². The minimum atomic E-state index is -1.71. The van der Waals surface area contributed by atoms with Crippen molar-refractivity contribution in [3.8, 4) is 11.5 Å². The third-order valence-electron chi connectivity index (χ3n) is 6.54. The Morgan fingerprint density at radius 2 is 1.30 bits per heavy atom. The largest absolute Gasteiger partial charge is 0.497 e. The Morgan fingerprint density at radius 1 is 0.730 bits per heavy atom. The number of rotatable bonds is 9. The first-order valence-corrected chi connectivity index (χ1v) is 12.2.